The normalized spacial score (nSPS) is 18.3. The van der Waals surface area contributed by atoms with Gasteiger partial charge < -0.3 is 19.9 Å². The summed E-state index contributed by atoms with van der Waals surface area (Å²) >= 11 is 0. The Bertz CT molecular complexity index is 1030. The zero-order valence-corrected chi connectivity index (χ0v) is 18.1. The predicted octanol–water partition coefficient (Wildman–Crippen LogP) is 2.47. The first-order chi connectivity index (χ1) is 15.8. The van der Waals surface area contributed by atoms with Crippen LogP contribution in [0, 0.1) is 0 Å². The molecule has 5 rings (SSSR count). The molecule has 1 aromatic carbocycles. The fourth-order valence-electron chi connectivity index (χ4n) is 4.35. The monoisotopic (exact) mass is 432 g/mol. The number of hydrogen-bond donors (Lipinski definition) is 1. The third-order valence-corrected chi connectivity index (χ3v) is 6.09. The number of nitrogens with one attached hydrogen (secondary N) is 1. The van der Waals surface area contributed by atoms with E-state index in [4.69, 9.17) is 9.84 Å². The molecule has 1 N–H and O–H groups in total. The number of ether oxygens (including phenoxy) is 1. The summed E-state index contributed by atoms with van der Waals surface area (Å²) in [4.78, 5) is 21.0. The summed E-state index contributed by atoms with van der Waals surface area (Å²) in [6.07, 6.45) is 6.35. The zero-order valence-electron chi connectivity index (χ0n) is 18.1. The van der Waals surface area contributed by atoms with E-state index in [0.717, 1.165) is 37.4 Å². The van der Waals surface area contributed by atoms with E-state index in [9.17, 15) is 4.79 Å². The largest absolute Gasteiger partial charge is 0.370 e. The van der Waals surface area contributed by atoms with Crippen LogP contribution in [0.15, 0.2) is 61.1 Å². The van der Waals surface area contributed by atoms with Crippen LogP contribution < -0.4 is 10.2 Å². The first-order valence-electron chi connectivity index (χ1n) is 11.2. The van der Waals surface area contributed by atoms with E-state index in [1.807, 2.05) is 39.9 Å². The molecular formula is C24H28N6O2. The van der Waals surface area contributed by atoms with Crippen molar-refractivity contribution in [3.63, 3.8) is 0 Å². The highest BCUT2D eigenvalue weighted by atomic mass is 16.5. The molecular weight excluding hydrogens is 404 g/mol. The van der Waals surface area contributed by atoms with Crippen LogP contribution in [0.3, 0.4) is 0 Å². The molecule has 3 aromatic rings. The molecule has 1 saturated heterocycles. The number of aromatic nitrogens is 3. The van der Waals surface area contributed by atoms with Crippen LogP contribution in [0.1, 0.15) is 22.9 Å². The number of carbonyl (C=O) groups excluding carboxylic acids is 1. The molecule has 4 heterocycles. The Morgan fingerprint density at radius 3 is 2.62 bits per heavy atom. The van der Waals surface area contributed by atoms with E-state index in [1.54, 1.807) is 12.4 Å². The molecule has 0 aliphatic carbocycles. The summed E-state index contributed by atoms with van der Waals surface area (Å²) in [5, 5.41) is 7.84. The lowest BCUT2D eigenvalue weighted by molar-refractivity contribution is 0.0401. The van der Waals surface area contributed by atoms with Crippen molar-refractivity contribution in [3.8, 4) is 0 Å². The molecule has 166 valence electrons. The molecule has 0 saturated carbocycles. The van der Waals surface area contributed by atoms with Crippen molar-refractivity contribution in [1.29, 1.82) is 0 Å². The van der Waals surface area contributed by atoms with Crippen LogP contribution in [-0.2, 0) is 17.7 Å². The van der Waals surface area contributed by atoms with Crippen LogP contribution in [0.4, 0.5) is 10.5 Å². The molecule has 8 heteroatoms. The molecule has 0 bridgehead atoms. The van der Waals surface area contributed by atoms with Gasteiger partial charge in [0, 0.05) is 50.5 Å². The first-order valence-corrected chi connectivity index (χ1v) is 11.2. The van der Waals surface area contributed by atoms with Gasteiger partial charge in [-0.3, -0.25) is 9.67 Å². The fraction of sp³-hybridized carbons (Fsp3) is 0.375. The number of amides is 2. The highest BCUT2D eigenvalue weighted by molar-refractivity contribution is 5.74. The van der Waals surface area contributed by atoms with Gasteiger partial charge in [0.25, 0.3) is 0 Å². The number of nitrogens with zero attached hydrogens (tertiary/aromatic N) is 5. The minimum atomic E-state index is -0.210. The second-order valence-corrected chi connectivity index (χ2v) is 8.20. The summed E-state index contributed by atoms with van der Waals surface area (Å²) in [7, 11) is 0. The Labute approximate surface area is 187 Å². The Morgan fingerprint density at radius 2 is 1.84 bits per heavy atom. The van der Waals surface area contributed by atoms with Crippen LogP contribution in [0.25, 0.3) is 0 Å². The smallest absolute Gasteiger partial charge is 0.317 e. The topological polar surface area (TPSA) is 75.5 Å². The maximum atomic E-state index is 12.7. The first kappa shape index (κ1) is 20.5. The third kappa shape index (κ3) is 4.60. The number of carbonyl (C=O) groups is 1. The van der Waals surface area contributed by atoms with Gasteiger partial charge in [0.15, 0.2) is 0 Å². The molecule has 1 atom stereocenters. The van der Waals surface area contributed by atoms with Crippen molar-refractivity contribution in [3.05, 3.63) is 77.9 Å². The minimum absolute atomic E-state index is 0.0428. The van der Waals surface area contributed by atoms with Crippen molar-refractivity contribution in [1.82, 2.24) is 25.0 Å². The van der Waals surface area contributed by atoms with Crippen molar-refractivity contribution in [2.45, 2.75) is 19.1 Å². The van der Waals surface area contributed by atoms with Crippen LogP contribution >= 0.6 is 0 Å². The molecule has 2 amide bonds. The van der Waals surface area contributed by atoms with Crippen LogP contribution in [-0.4, -0.2) is 65.0 Å². The molecule has 1 fully saturated rings. The van der Waals surface area contributed by atoms with Crippen molar-refractivity contribution in [2.24, 2.45) is 0 Å². The van der Waals surface area contributed by atoms with Crippen molar-refractivity contribution in [2.75, 3.05) is 44.2 Å². The van der Waals surface area contributed by atoms with Gasteiger partial charge >= 0.3 is 6.03 Å². The third-order valence-electron chi connectivity index (χ3n) is 6.09. The summed E-state index contributed by atoms with van der Waals surface area (Å²) in [5.74, 6) is 0. The standard InChI is InChI=1S/C24H28N6O2/c31-24(29-13-11-28(12-14-29)21-6-9-25-10-7-21)26-16-22-23-20(8-15-32-22)18-30(27-23)17-19-4-2-1-3-5-19/h1-7,9-10,18,22H,8,11-17H2,(H,26,31)/t22-/m0/s1. The minimum Gasteiger partial charge on any atom is -0.370 e. The summed E-state index contributed by atoms with van der Waals surface area (Å²) in [6.45, 7) is 4.81. The summed E-state index contributed by atoms with van der Waals surface area (Å²) in [6, 6.07) is 14.3. The second kappa shape index (κ2) is 9.40. The number of piperazine rings is 1. The average Bonchev–Trinajstić information content (AvgIpc) is 3.27. The number of hydrogen-bond acceptors (Lipinski definition) is 5. The highest BCUT2D eigenvalue weighted by Gasteiger charge is 2.27. The Morgan fingerprint density at radius 1 is 1.06 bits per heavy atom. The van der Waals surface area contributed by atoms with Gasteiger partial charge in [-0.15, -0.1) is 0 Å². The lowest BCUT2D eigenvalue weighted by atomic mass is 10.1. The molecule has 0 spiro atoms. The van der Waals surface area contributed by atoms with E-state index in [2.05, 4.69) is 33.5 Å². The van der Waals surface area contributed by atoms with Crippen LogP contribution in [0.5, 0.6) is 0 Å². The van der Waals surface area contributed by atoms with Gasteiger partial charge in [0.2, 0.25) is 0 Å². The van der Waals surface area contributed by atoms with Gasteiger partial charge in [0.05, 0.1) is 25.4 Å². The molecule has 0 unspecified atom stereocenters. The highest BCUT2D eigenvalue weighted by Crippen LogP contribution is 2.25. The number of rotatable bonds is 5. The Hall–Kier alpha value is -3.39. The van der Waals surface area contributed by atoms with E-state index >= 15 is 0 Å². The number of urea groups is 1. The van der Waals surface area contributed by atoms with Crippen molar-refractivity contribution < 1.29 is 9.53 Å². The maximum absolute atomic E-state index is 12.7. The molecule has 8 nitrogen and oxygen atoms in total. The summed E-state index contributed by atoms with van der Waals surface area (Å²) < 4.78 is 7.93. The van der Waals surface area contributed by atoms with E-state index in [0.29, 0.717) is 26.2 Å². The lowest BCUT2D eigenvalue weighted by Crippen LogP contribution is -2.52. The lowest BCUT2D eigenvalue weighted by Gasteiger charge is -2.36. The van der Waals surface area contributed by atoms with Gasteiger partial charge in [-0.1, -0.05) is 30.3 Å². The second-order valence-electron chi connectivity index (χ2n) is 8.20. The number of pyridine rings is 1. The molecule has 32 heavy (non-hydrogen) atoms. The van der Waals surface area contributed by atoms with Crippen molar-refractivity contribution >= 4 is 11.7 Å². The molecule has 2 aliphatic rings. The Kier molecular flexibility index (Phi) is 6.02. The molecule has 2 aliphatic heterocycles. The predicted molar refractivity (Wildman–Crippen MR) is 122 cm³/mol. The molecule has 2 aromatic heterocycles. The van der Waals surface area contributed by atoms with Gasteiger partial charge in [0.1, 0.15) is 6.10 Å². The zero-order chi connectivity index (χ0) is 21.8. The Balaban J connectivity index is 1.15. The SMILES string of the molecule is O=C(NC[C@@H]1OCCc2cn(Cc3ccccc3)nc21)N1CCN(c2ccncc2)CC1. The maximum Gasteiger partial charge on any atom is 0.317 e. The van der Waals surface area contributed by atoms with E-state index < -0.39 is 0 Å². The van der Waals surface area contributed by atoms with Gasteiger partial charge in [-0.2, -0.15) is 5.10 Å². The van der Waals surface area contributed by atoms with Gasteiger partial charge in [-0.05, 0) is 29.7 Å². The number of fused-ring (bicyclic) bond motifs is 1. The number of anilines is 1. The fourth-order valence-corrected chi connectivity index (χ4v) is 4.35. The summed E-state index contributed by atoms with van der Waals surface area (Å²) in [5.41, 5.74) is 4.51. The van der Waals surface area contributed by atoms with E-state index in [1.165, 1.54) is 11.1 Å². The average molecular weight is 433 g/mol. The quantitative estimate of drug-likeness (QED) is 0.670. The van der Waals surface area contributed by atoms with Crippen LogP contribution in [0.2, 0.25) is 0 Å². The van der Waals surface area contributed by atoms with E-state index in [-0.39, 0.29) is 12.1 Å². The van der Waals surface area contributed by atoms with Gasteiger partial charge in [-0.25, -0.2) is 4.79 Å². The molecule has 0 radical (unpaired) electrons. The number of benzene rings is 1.